The average Bonchev–Trinajstić information content (AvgIpc) is 2.12. The third kappa shape index (κ3) is 4.92. The highest BCUT2D eigenvalue weighted by molar-refractivity contribution is 5.87. The van der Waals surface area contributed by atoms with Crippen molar-refractivity contribution in [1.29, 1.82) is 0 Å². The van der Waals surface area contributed by atoms with Gasteiger partial charge >= 0.3 is 24.2 Å². The lowest BCUT2D eigenvalue weighted by molar-refractivity contribution is -0.334. The SMILES string of the molecule is C=C(C)C(=O)OC(F)(F)C(F)(F)CCC(F)(F)F. The third-order valence-corrected chi connectivity index (χ3v) is 1.72. The molecule has 9 heteroatoms. The maximum Gasteiger partial charge on any atom is 0.466 e. The van der Waals surface area contributed by atoms with E-state index in [0.29, 0.717) is 0 Å². The molecule has 0 saturated heterocycles. The standard InChI is InChI=1S/C9H9F7O2/c1-5(2)6(17)18-9(15,16)7(10,11)3-4-8(12,13)14/h1,3-4H2,2H3. The van der Waals surface area contributed by atoms with Gasteiger partial charge in [-0.1, -0.05) is 6.58 Å². The predicted octanol–water partition coefficient (Wildman–Crippen LogP) is 3.68. The van der Waals surface area contributed by atoms with Gasteiger partial charge in [0.25, 0.3) is 0 Å². The summed E-state index contributed by atoms with van der Waals surface area (Å²) < 4.78 is 89.3. The maximum absolute atomic E-state index is 12.8. The molecule has 0 aromatic heterocycles. The van der Waals surface area contributed by atoms with Crippen molar-refractivity contribution in [3.05, 3.63) is 12.2 Å². The summed E-state index contributed by atoms with van der Waals surface area (Å²) in [6.07, 6.45) is -14.7. The van der Waals surface area contributed by atoms with Crippen LogP contribution in [0, 0.1) is 0 Å². The van der Waals surface area contributed by atoms with Crippen molar-refractivity contribution < 1.29 is 40.3 Å². The Bertz CT molecular complexity index is 332. The summed E-state index contributed by atoms with van der Waals surface area (Å²) in [6, 6.07) is 0. The van der Waals surface area contributed by atoms with Crippen LogP contribution in [0.4, 0.5) is 30.7 Å². The van der Waals surface area contributed by atoms with Gasteiger partial charge in [-0.15, -0.1) is 0 Å². The Morgan fingerprint density at radius 2 is 1.50 bits per heavy atom. The molecule has 2 nitrogen and oxygen atoms in total. The largest absolute Gasteiger partial charge is 0.466 e. The zero-order chi connectivity index (χ0) is 14.8. The number of alkyl halides is 7. The Morgan fingerprint density at radius 3 is 1.83 bits per heavy atom. The first kappa shape index (κ1) is 16.7. The van der Waals surface area contributed by atoms with Crippen molar-refractivity contribution in [3.63, 3.8) is 0 Å². The van der Waals surface area contributed by atoms with Gasteiger partial charge in [-0.25, -0.2) is 4.79 Å². The molecule has 0 radical (unpaired) electrons. The molecule has 18 heavy (non-hydrogen) atoms. The Labute approximate surface area is 97.4 Å². The lowest BCUT2D eigenvalue weighted by Gasteiger charge is -2.25. The fourth-order valence-corrected chi connectivity index (χ4v) is 0.722. The van der Waals surface area contributed by atoms with Crippen LogP contribution in [0.2, 0.25) is 0 Å². The van der Waals surface area contributed by atoms with Crippen LogP contribution < -0.4 is 0 Å². The highest BCUT2D eigenvalue weighted by Gasteiger charge is 2.60. The van der Waals surface area contributed by atoms with Gasteiger partial charge < -0.3 is 4.74 Å². The zero-order valence-corrected chi connectivity index (χ0v) is 9.08. The molecule has 0 bridgehead atoms. The van der Waals surface area contributed by atoms with Crippen LogP contribution in [0.5, 0.6) is 0 Å². The van der Waals surface area contributed by atoms with Crippen molar-refractivity contribution >= 4 is 5.97 Å². The first-order valence-corrected chi connectivity index (χ1v) is 4.50. The van der Waals surface area contributed by atoms with Crippen LogP contribution in [0.25, 0.3) is 0 Å². The molecule has 0 aliphatic heterocycles. The van der Waals surface area contributed by atoms with E-state index in [4.69, 9.17) is 0 Å². The van der Waals surface area contributed by atoms with Gasteiger partial charge in [-0.2, -0.15) is 30.7 Å². The van der Waals surface area contributed by atoms with Gasteiger partial charge in [0.2, 0.25) is 0 Å². The second kappa shape index (κ2) is 5.15. The smallest absolute Gasteiger partial charge is 0.393 e. The van der Waals surface area contributed by atoms with Gasteiger partial charge in [0.15, 0.2) is 0 Å². The van der Waals surface area contributed by atoms with E-state index in [2.05, 4.69) is 11.3 Å². The molecule has 0 aliphatic carbocycles. The molecule has 0 spiro atoms. The first-order chi connectivity index (χ1) is 7.78. The molecule has 0 rings (SSSR count). The predicted molar refractivity (Wildman–Crippen MR) is 46.1 cm³/mol. The fourth-order valence-electron chi connectivity index (χ4n) is 0.722. The summed E-state index contributed by atoms with van der Waals surface area (Å²) in [6.45, 7) is 3.80. The van der Waals surface area contributed by atoms with Crippen LogP contribution in [0.1, 0.15) is 19.8 Å². The van der Waals surface area contributed by atoms with Crippen LogP contribution in [-0.2, 0) is 9.53 Å². The summed E-state index contributed by atoms with van der Waals surface area (Å²) in [5.41, 5.74) is -0.582. The van der Waals surface area contributed by atoms with Crippen molar-refractivity contribution in [2.75, 3.05) is 0 Å². The van der Waals surface area contributed by atoms with Crippen molar-refractivity contribution in [3.8, 4) is 0 Å². The zero-order valence-electron chi connectivity index (χ0n) is 9.08. The number of ether oxygens (including phenoxy) is 1. The van der Waals surface area contributed by atoms with Gasteiger partial charge in [0.05, 0.1) is 0 Å². The van der Waals surface area contributed by atoms with Crippen molar-refractivity contribution in [2.45, 2.75) is 38.0 Å². The second-order valence-electron chi connectivity index (χ2n) is 3.51. The minimum absolute atomic E-state index is 0.582. The second-order valence-corrected chi connectivity index (χ2v) is 3.51. The van der Waals surface area contributed by atoms with Gasteiger partial charge in [-0.3, -0.25) is 0 Å². The fraction of sp³-hybridized carbons (Fsp3) is 0.667. The number of esters is 1. The Hall–Kier alpha value is -1.28. The van der Waals surface area contributed by atoms with E-state index in [1.165, 1.54) is 0 Å². The van der Waals surface area contributed by atoms with Crippen LogP contribution in [0.3, 0.4) is 0 Å². The molecular formula is C9H9F7O2. The van der Waals surface area contributed by atoms with Gasteiger partial charge in [-0.05, 0) is 6.92 Å². The number of halogens is 7. The van der Waals surface area contributed by atoms with E-state index in [-0.39, 0.29) is 0 Å². The molecule has 0 amide bonds. The molecule has 0 unspecified atom stereocenters. The summed E-state index contributed by atoms with van der Waals surface area (Å²) in [5, 5.41) is 0. The lowest BCUT2D eigenvalue weighted by atomic mass is 10.1. The molecule has 0 aromatic carbocycles. The van der Waals surface area contributed by atoms with E-state index in [1.54, 1.807) is 0 Å². The number of carbonyl (C=O) groups is 1. The molecule has 0 N–H and O–H groups in total. The molecule has 0 atom stereocenters. The Morgan fingerprint density at radius 1 is 1.06 bits per heavy atom. The topological polar surface area (TPSA) is 26.3 Å². The number of rotatable bonds is 5. The van der Waals surface area contributed by atoms with Crippen LogP contribution in [0.15, 0.2) is 12.2 Å². The molecular weight excluding hydrogens is 273 g/mol. The third-order valence-electron chi connectivity index (χ3n) is 1.72. The Kier molecular flexibility index (Phi) is 4.78. The van der Waals surface area contributed by atoms with Crippen molar-refractivity contribution in [1.82, 2.24) is 0 Å². The maximum atomic E-state index is 12.8. The molecule has 0 fully saturated rings. The first-order valence-electron chi connectivity index (χ1n) is 4.50. The normalized spacial score (nSPS) is 13.3. The minimum Gasteiger partial charge on any atom is -0.393 e. The highest BCUT2D eigenvalue weighted by atomic mass is 19.4. The highest BCUT2D eigenvalue weighted by Crippen LogP contribution is 2.41. The van der Waals surface area contributed by atoms with E-state index in [0.717, 1.165) is 6.92 Å². The summed E-state index contributed by atoms with van der Waals surface area (Å²) in [7, 11) is 0. The van der Waals surface area contributed by atoms with Gasteiger partial charge in [0, 0.05) is 18.4 Å². The van der Waals surface area contributed by atoms with Crippen LogP contribution in [-0.4, -0.2) is 24.2 Å². The Balaban J connectivity index is 4.75. The molecule has 0 saturated carbocycles. The molecule has 106 valence electrons. The quantitative estimate of drug-likeness (QED) is 0.437. The lowest BCUT2D eigenvalue weighted by Crippen LogP contribution is -2.45. The van der Waals surface area contributed by atoms with Gasteiger partial charge in [0.1, 0.15) is 0 Å². The minimum atomic E-state index is -5.33. The van der Waals surface area contributed by atoms with E-state index in [9.17, 15) is 35.5 Å². The summed E-state index contributed by atoms with van der Waals surface area (Å²) >= 11 is 0. The molecule has 0 aliphatic rings. The molecule has 0 aromatic rings. The van der Waals surface area contributed by atoms with Crippen LogP contribution >= 0.6 is 0 Å². The average molecular weight is 282 g/mol. The number of hydrogen-bond donors (Lipinski definition) is 0. The van der Waals surface area contributed by atoms with E-state index in [1.807, 2.05) is 0 Å². The number of carbonyl (C=O) groups excluding carboxylic acids is 1. The van der Waals surface area contributed by atoms with E-state index < -0.39 is 42.6 Å². The monoisotopic (exact) mass is 282 g/mol. The molecule has 0 heterocycles. The van der Waals surface area contributed by atoms with E-state index >= 15 is 0 Å². The number of hydrogen-bond acceptors (Lipinski definition) is 2. The summed E-state index contributed by atoms with van der Waals surface area (Å²) in [4.78, 5) is 10.6. The summed E-state index contributed by atoms with van der Waals surface area (Å²) in [5.74, 6) is -6.93. The van der Waals surface area contributed by atoms with Crippen molar-refractivity contribution in [2.24, 2.45) is 0 Å².